The lowest BCUT2D eigenvalue weighted by Gasteiger charge is -2.15. The molecule has 0 amide bonds. The number of rotatable bonds is 4. The van der Waals surface area contributed by atoms with Gasteiger partial charge in [0.1, 0.15) is 0 Å². The minimum absolute atomic E-state index is 0.716. The first kappa shape index (κ1) is 13.0. The van der Waals surface area contributed by atoms with Crippen molar-refractivity contribution < 1.29 is 0 Å². The van der Waals surface area contributed by atoms with Gasteiger partial charge in [-0.05, 0) is 32.1 Å². The zero-order chi connectivity index (χ0) is 12.1. The van der Waals surface area contributed by atoms with E-state index in [0.29, 0.717) is 6.04 Å². The van der Waals surface area contributed by atoms with Gasteiger partial charge in [-0.25, -0.2) is 4.98 Å². The zero-order valence-electron chi connectivity index (χ0n) is 11.0. The molecule has 1 aliphatic rings. The normalized spacial score (nSPS) is 25.8. The molecule has 3 heteroatoms. The zero-order valence-corrected chi connectivity index (χ0v) is 11.9. The van der Waals surface area contributed by atoms with Crippen LogP contribution in [0.4, 0.5) is 0 Å². The summed E-state index contributed by atoms with van der Waals surface area (Å²) in [6, 6.07) is 0.716. The van der Waals surface area contributed by atoms with Gasteiger partial charge in [0.2, 0.25) is 0 Å². The van der Waals surface area contributed by atoms with Gasteiger partial charge in [0.25, 0.3) is 0 Å². The second-order valence-electron chi connectivity index (χ2n) is 5.22. The molecule has 2 rings (SSSR count). The van der Waals surface area contributed by atoms with Crippen LogP contribution in [0.1, 0.15) is 56.2 Å². The van der Waals surface area contributed by atoms with Crippen molar-refractivity contribution >= 4 is 11.3 Å². The number of hydrogen-bond acceptors (Lipinski definition) is 3. The fourth-order valence-electron chi connectivity index (χ4n) is 2.73. The summed E-state index contributed by atoms with van der Waals surface area (Å²) in [4.78, 5) is 4.51. The molecule has 1 aliphatic carbocycles. The second-order valence-corrected chi connectivity index (χ2v) is 6.28. The molecule has 2 atom stereocenters. The summed E-state index contributed by atoms with van der Waals surface area (Å²) in [5.41, 5.74) is 1.21. The van der Waals surface area contributed by atoms with Crippen LogP contribution < -0.4 is 5.32 Å². The highest BCUT2D eigenvalue weighted by atomic mass is 32.1. The maximum Gasteiger partial charge on any atom is 0.0897 e. The lowest BCUT2D eigenvalue weighted by Crippen LogP contribution is -2.28. The van der Waals surface area contributed by atoms with E-state index in [1.807, 2.05) is 0 Å². The monoisotopic (exact) mass is 252 g/mol. The Hall–Kier alpha value is -0.410. The average Bonchev–Trinajstić information content (AvgIpc) is 2.63. The molecule has 1 saturated carbocycles. The van der Waals surface area contributed by atoms with E-state index in [1.54, 1.807) is 11.3 Å². The van der Waals surface area contributed by atoms with E-state index in [-0.39, 0.29) is 0 Å². The van der Waals surface area contributed by atoms with Gasteiger partial charge in [-0.2, -0.15) is 0 Å². The number of nitrogens with zero attached hydrogens (tertiary/aromatic N) is 1. The van der Waals surface area contributed by atoms with E-state index in [9.17, 15) is 0 Å². The van der Waals surface area contributed by atoms with E-state index in [2.05, 4.69) is 29.5 Å². The Kier molecular flexibility index (Phi) is 4.99. The smallest absolute Gasteiger partial charge is 0.0897 e. The number of aromatic nitrogens is 1. The lowest BCUT2D eigenvalue weighted by molar-refractivity contribution is 0.424. The molecule has 0 aliphatic heterocycles. The number of hydrogen-bond donors (Lipinski definition) is 1. The van der Waals surface area contributed by atoms with Crippen molar-refractivity contribution in [2.24, 2.45) is 5.92 Å². The highest BCUT2D eigenvalue weighted by Crippen LogP contribution is 2.25. The molecule has 1 N–H and O–H groups in total. The third-order valence-electron chi connectivity index (χ3n) is 3.90. The van der Waals surface area contributed by atoms with Crippen LogP contribution in [-0.4, -0.2) is 11.0 Å². The summed E-state index contributed by atoms with van der Waals surface area (Å²) in [6.45, 7) is 5.36. The van der Waals surface area contributed by atoms with E-state index in [0.717, 1.165) is 12.5 Å². The van der Waals surface area contributed by atoms with Crippen LogP contribution in [-0.2, 0) is 6.54 Å². The van der Waals surface area contributed by atoms with E-state index in [4.69, 9.17) is 0 Å². The Morgan fingerprint density at radius 2 is 2.24 bits per heavy atom. The molecule has 2 unspecified atom stereocenters. The summed E-state index contributed by atoms with van der Waals surface area (Å²) in [5.74, 6) is 0.975. The first-order valence-corrected chi connectivity index (χ1v) is 7.80. The molecule has 0 bridgehead atoms. The maximum absolute atomic E-state index is 4.51. The quantitative estimate of drug-likeness (QED) is 0.822. The van der Waals surface area contributed by atoms with Gasteiger partial charge in [0, 0.05) is 18.0 Å². The molecule has 0 saturated heterocycles. The van der Waals surface area contributed by atoms with Crippen LogP contribution in [0.3, 0.4) is 0 Å². The first-order chi connectivity index (χ1) is 8.28. The van der Waals surface area contributed by atoms with Crippen LogP contribution in [0.15, 0.2) is 5.38 Å². The molecule has 0 aromatic carbocycles. The molecule has 1 heterocycles. The molecular formula is C14H24N2S. The minimum atomic E-state index is 0.716. The van der Waals surface area contributed by atoms with Crippen LogP contribution in [0.5, 0.6) is 0 Å². The van der Waals surface area contributed by atoms with Gasteiger partial charge in [0.05, 0.1) is 10.7 Å². The number of nitrogens with one attached hydrogen (secondary N) is 1. The van der Waals surface area contributed by atoms with Crippen molar-refractivity contribution in [2.75, 3.05) is 0 Å². The molecule has 1 fully saturated rings. The highest BCUT2D eigenvalue weighted by molar-refractivity contribution is 7.09. The van der Waals surface area contributed by atoms with E-state index in [1.165, 1.54) is 49.2 Å². The molecule has 0 radical (unpaired) electrons. The van der Waals surface area contributed by atoms with Crippen molar-refractivity contribution in [3.8, 4) is 0 Å². The molecule has 1 aromatic heterocycles. The fourth-order valence-corrected chi connectivity index (χ4v) is 3.34. The van der Waals surface area contributed by atoms with Gasteiger partial charge >= 0.3 is 0 Å². The van der Waals surface area contributed by atoms with Crippen LogP contribution >= 0.6 is 11.3 Å². The average molecular weight is 252 g/mol. The molecule has 0 spiro atoms. The summed E-state index contributed by atoms with van der Waals surface area (Å²) in [6.07, 6.45) is 8.29. The summed E-state index contributed by atoms with van der Waals surface area (Å²) < 4.78 is 0. The van der Waals surface area contributed by atoms with Gasteiger partial charge in [-0.1, -0.05) is 26.2 Å². The summed E-state index contributed by atoms with van der Waals surface area (Å²) in [5, 5.41) is 7.03. The molecular weight excluding hydrogens is 228 g/mol. The Labute approximate surface area is 109 Å². The predicted octanol–water partition coefficient (Wildman–Crippen LogP) is 3.90. The number of thiazole rings is 1. The Morgan fingerprint density at radius 1 is 1.35 bits per heavy atom. The molecule has 17 heavy (non-hydrogen) atoms. The van der Waals surface area contributed by atoms with Crippen LogP contribution in [0, 0.1) is 12.8 Å². The van der Waals surface area contributed by atoms with Crippen molar-refractivity contribution in [3.63, 3.8) is 0 Å². The van der Waals surface area contributed by atoms with E-state index >= 15 is 0 Å². The van der Waals surface area contributed by atoms with Crippen molar-refractivity contribution in [3.05, 3.63) is 16.1 Å². The van der Waals surface area contributed by atoms with Gasteiger partial charge in [-0.3, -0.25) is 0 Å². The number of aryl methyl sites for hydroxylation is 1. The van der Waals surface area contributed by atoms with Gasteiger partial charge in [-0.15, -0.1) is 11.3 Å². The molecule has 2 nitrogen and oxygen atoms in total. The Balaban J connectivity index is 1.75. The fraction of sp³-hybridized carbons (Fsp3) is 0.786. The lowest BCUT2D eigenvalue weighted by atomic mass is 9.98. The van der Waals surface area contributed by atoms with Gasteiger partial charge < -0.3 is 5.32 Å². The second kappa shape index (κ2) is 6.50. The molecule has 1 aromatic rings. The summed E-state index contributed by atoms with van der Waals surface area (Å²) in [7, 11) is 0. The largest absolute Gasteiger partial charge is 0.308 e. The van der Waals surface area contributed by atoms with E-state index < -0.39 is 0 Å². The first-order valence-electron chi connectivity index (χ1n) is 6.92. The minimum Gasteiger partial charge on any atom is -0.308 e. The van der Waals surface area contributed by atoms with Crippen molar-refractivity contribution in [1.82, 2.24) is 10.3 Å². The Bertz CT molecular complexity index is 335. The van der Waals surface area contributed by atoms with Crippen molar-refractivity contribution in [1.29, 1.82) is 0 Å². The third-order valence-corrected chi connectivity index (χ3v) is 4.73. The third kappa shape index (κ3) is 4.07. The maximum atomic E-state index is 4.51. The predicted molar refractivity (Wildman–Crippen MR) is 74.3 cm³/mol. The Morgan fingerprint density at radius 3 is 2.94 bits per heavy atom. The SMILES string of the molecule is CCC1CCCC(NCc2csc(C)n2)CC1. The standard InChI is InChI=1S/C14H24N2S/c1-3-12-5-4-6-13(8-7-12)15-9-14-10-17-11(2)16-14/h10,12-13,15H,3-9H2,1-2H3. The highest BCUT2D eigenvalue weighted by Gasteiger charge is 2.17. The van der Waals surface area contributed by atoms with Crippen LogP contribution in [0.2, 0.25) is 0 Å². The van der Waals surface area contributed by atoms with Crippen LogP contribution in [0.25, 0.3) is 0 Å². The van der Waals surface area contributed by atoms with Crippen molar-refractivity contribution in [2.45, 2.75) is 65.0 Å². The topological polar surface area (TPSA) is 24.9 Å². The summed E-state index contributed by atoms with van der Waals surface area (Å²) >= 11 is 1.75. The molecule has 96 valence electrons. The van der Waals surface area contributed by atoms with Gasteiger partial charge in [0.15, 0.2) is 0 Å².